The van der Waals surface area contributed by atoms with Crippen LogP contribution in [0.15, 0.2) is 55.0 Å². The van der Waals surface area contributed by atoms with Crippen LogP contribution in [0.3, 0.4) is 0 Å². The van der Waals surface area contributed by atoms with E-state index in [0.717, 1.165) is 24.3 Å². The van der Waals surface area contributed by atoms with Crippen LogP contribution in [-0.2, 0) is 6.54 Å². The molecule has 27 heavy (non-hydrogen) atoms. The van der Waals surface area contributed by atoms with Gasteiger partial charge >= 0.3 is 0 Å². The van der Waals surface area contributed by atoms with Gasteiger partial charge in [-0.25, -0.2) is 0 Å². The SMILES string of the molecule is c1cncc(CNc2nncc(Nc3ccc(N4CCCCC4)cc3)n2)c1. The highest BCUT2D eigenvalue weighted by Crippen LogP contribution is 2.23. The topological polar surface area (TPSA) is 78.9 Å². The largest absolute Gasteiger partial charge is 0.372 e. The maximum Gasteiger partial charge on any atom is 0.244 e. The van der Waals surface area contributed by atoms with Gasteiger partial charge in [0.1, 0.15) is 0 Å². The maximum absolute atomic E-state index is 4.47. The lowest BCUT2D eigenvalue weighted by atomic mass is 10.1. The molecule has 4 rings (SSSR count). The molecule has 7 nitrogen and oxygen atoms in total. The van der Waals surface area contributed by atoms with E-state index >= 15 is 0 Å². The van der Waals surface area contributed by atoms with Crippen LogP contribution in [0.25, 0.3) is 0 Å². The zero-order valence-corrected chi connectivity index (χ0v) is 15.2. The lowest BCUT2D eigenvalue weighted by Crippen LogP contribution is -2.29. The van der Waals surface area contributed by atoms with Crippen LogP contribution < -0.4 is 15.5 Å². The molecule has 2 aromatic heterocycles. The van der Waals surface area contributed by atoms with Crippen molar-refractivity contribution in [1.29, 1.82) is 0 Å². The van der Waals surface area contributed by atoms with Crippen molar-refractivity contribution in [3.8, 4) is 0 Å². The number of nitrogens with zero attached hydrogens (tertiary/aromatic N) is 5. The van der Waals surface area contributed by atoms with Crippen molar-refractivity contribution in [3.05, 3.63) is 60.6 Å². The predicted molar refractivity (Wildman–Crippen MR) is 107 cm³/mol. The van der Waals surface area contributed by atoms with E-state index in [2.05, 4.69) is 60.0 Å². The van der Waals surface area contributed by atoms with E-state index < -0.39 is 0 Å². The molecular formula is C20H23N7. The molecule has 1 aliphatic rings. The number of nitrogens with one attached hydrogen (secondary N) is 2. The molecule has 0 bridgehead atoms. The Hall–Kier alpha value is -3.22. The standard InChI is InChI=1S/C20H23N7/c1-2-11-27(12-3-1)18-8-6-17(7-9-18)24-19-15-23-26-20(25-19)22-14-16-5-4-10-21-13-16/h4-10,13,15H,1-3,11-12,14H2,(H2,22,24,25,26). The summed E-state index contributed by atoms with van der Waals surface area (Å²) in [7, 11) is 0. The Morgan fingerprint density at radius 3 is 2.59 bits per heavy atom. The normalized spacial score (nSPS) is 14.0. The van der Waals surface area contributed by atoms with E-state index in [4.69, 9.17) is 0 Å². The maximum atomic E-state index is 4.47. The smallest absolute Gasteiger partial charge is 0.244 e. The third kappa shape index (κ3) is 4.69. The molecule has 2 N–H and O–H groups in total. The van der Waals surface area contributed by atoms with Gasteiger partial charge in [0.2, 0.25) is 5.95 Å². The van der Waals surface area contributed by atoms with Gasteiger partial charge < -0.3 is 15.5 Å². The van der Waals surface area contributed by atoms with Crippen molar-refractivity contribution in [2.75, 3.05) is 28.6 Å². The van der Waals surface area contributed by atoms with Crippen LogP contribution in [0, 0.1) is 0 Å². The van der Waals surface area contributed by atoms with Crippen LogP contribution in [-0.4, -0.2) is 33.3 Å². The quantitative estimate of drug-likeness (QED) is 0.694. The van der Waals surface area contributed by atoms with Crippen molar-refractivity contribution in [2.45, 2.75) is 25.8 Å². The minimum absolute atomic E-state index is 0.480. The summed E-state index contributed by atoms with van der Waals surface area (Å²) in [4.78, 5) is 11.0. The molecular weight excluding hydrogens is 338 g/mol. The van der Waals surface area contributed by atoms with Gasteiger partial charge in [-0.1, -0.05) is 6.07 Å². The minimum Gasteiger partial charge on any atom is -0.372 e. The summed E-state index contributed by atoms with van der Waals surface area (Å²) in [6, 6.07) is 12.4. The number of piperidine rings is 1. The van der Waals surface area contributed by atoms with Crippen molar-refractivity contribution in [3.63, 3.8) is 0 Å². The highest BCUT2D eigenvalue weighted by molar-refractivity contribution is 5.60. The Labute approximate surface area is 158 Å². The number of anilines is 4. The number of rotatable bonds is 6. The molecule has 0 spiro atoms. The Morgan fingerprint density at radius 2 is 1.81 bits per heavy atom. The first-order chi connectivity index (χ1) is 13.4. The first kappa shape index (κ1) is 17.2. The summed E-state index contributed by atoms with van der Waals surface area (Å²) >= 11 is 0. The molecule has 0 saturated carbocycles. The van der Waals surface area contributed by atoms with Crippen LogP contribution in [0.5, 0.6) is 0 Å². The van der Waals surface area contributed by atoms with E-state index in [0.29, 0.717) is 18.3 Å². The Morgan fingerprint density at radius 1 is 0.963 bits per heavy atom. The monoisotopic (exact) mass is 361 g/mol. The third-order valence-electron chi connectivity index (χ3n) is 4.59. The van der Waals surface area contributed by atoms with Crippen molar-refractivity contribution in [1.82, 2.24) is 20.2 Å². The Kier molecular flexibility index (Phi) is 5.38. The molecule has 0 atom stereocenters. The molecule has 1 saturated heterocycles. The van der Waals surface area contributed by atoms with E-state index in [9.17, 15) is 0 Å². The number of hydrogen-bond acceptors (Lipinski definition) is 7. The van der Waals surface area contributed by atoms with Crippen molar-refractivity contribution in [2.24, 2.45) is 0 Å². The van der Waals surface area contributed by atoms with E-state index in [1.54, 1.807) is 12.4 Å². The van der Waals surface area contributed by atoms with Crippen molar-refractivity contribution < 1.29 is 0 Å². The third-order valence-corrected chi connectivity index (χ3v) is 4.59. The molecule has 1 fully saturated rings. The zero-order chi connectivity index (χ0) is 18.3. The minimum atomic E-state index is 0.480. The molecule has 7 heteroatoms. The molecule has 3 heterocycles. The number of hydrogen-bond donors (Lipinski definition) is 2. The Balaban J connectivity index is 1.37. The molecule has 0 amide bonds. The average molecular weight is 361 g/mol. The van der Waals surface area contributed by atoms with E-state index in [1.165, 1.54) is 24.9 Å². The molecule has 0 radical (unpaired) electrons. The van der Waals surface area contributed by atoms with Crippen LogP contribution in [0.2, 0.25) is 0 Å². The van der Waals surface area contributed by atoms with Gasteiger partial charge in [0.15, 0.2) is 5.82 Å². The lowest BCUT2D eigenvalue weighted by Gasteiger charge is -2.28. The molecule has 1 aliphatic heterocycles. The van der Waals surface area contributed by atoms with Gasteiger partial charge in [-0.3, -0.25) is 4.98 Å². The predicted octanol–water partition coefficient (Wildman–Crippen LogP) is 3.61. The number of pyridine rings is 1. The second kappa shape index (κ2) is 8.44. The number of aromatic nitrogens is 4. The van der Waals surface area contributed by atoms with Crippen molar-refractivity contribution >= 4 is 23.1 Å². The first-order valence-corrected chi connectivity index (χ1v) is 9.31. The fourth-order valence-electron chi connectivity index (χ4n) is 3.18. The number of benzene rings is 1. The van der Waals surface area contributed by atoms with Crippen LogP contribution in [0.1, 0.15) is 24.8 Å². The summed E-state index contributed by atoms with van der Waals surface area (Å²) < 4.78 is 0. The second-order valence-electron chi connectivity index (χ2n) is 6.60. The van der Waals surface area contributed by atoms with Crippen LogP contribution in [0.4, 0.5) is 23.1 Å². The highest BCUT2D eigenvalue weighted by atomic mass is 15.3. The fraction of sp³-hybridized carbons (Fsp3) is 0.300. The van der Waals surface area contributed by atoms with Gasteiger partial charge in [0.25, 0.3) is 0 Å². The summed E-state index contributed by atoms with van der Waals surface area (Å²) in [5, 5.41) is 14.5. The van der Waals surface area contributed by atoms with Gasteiger partial charge in [-0.05, 0) is 55.2 Å². The average Bonchev–Trinajstić information content (AvgIpc) is 2.75. The molecule has 0 aliphatic carbocycles. The molecule has 3 aromatic rings. The molecule has 0 unspecified atom stereocenters. The first-order valence-electron chi connectivity index (χ1n) is 9.31. The summed E-state index contributed by atoms with van der Waals surface area (Å²) in [5.74, 6) is 1.14. The summed E-state index contributed by atoms with van der Waals surface area (Å²) in [6.45, 7) is 2.90. The lowest BCUT2D eigenvalue weighted by molar-refractivity contribution is 0.578. The zero-order valence-electron chi connectivity index (χ0n) is 15.2. The summed E-state index contributed by atoms with van der Waals surface area (Å²) in [5.41, 5.74) is 3.32. The van der Waals surface area contributed by atoms with E-state index in [1.807, 2.05) is 18.3 Å². The molecule has 138 valence electrons. The van der Waals surface area contributed by atoms with Gasteiger partial charge in [-0.2, -0.15) is 10.1 Å². The van der Waals surface area contributed by atoms with Gasteiger partial charge in [0.05, 0.1) is 6.20 Å². The summed E-state index contributed by atoms with van der Waals surface area (Å²) in [6.07, 6.45) is 9.08. The van der Waals surface area contributed by atoms with E-state index in [-0.39, 0.29) is 0 Å². The Bertz CT molecular complexity index is 846. The highest BCUT2D eigenvalue weighted by Gasteiger charge is 2.10. The fourth-order valence-corrected chi connectivity index (χ4v) is 3.18. The van der Waals surface area contributed by atoms with Crippen LogP contribution >= 0.6 is 0 Å². The molecule has 1 aromatic carbocycles. The second-order valence-corrected chi connectivity index (χ2v) is 6.60. The van der Waals surface area contributed by atoms with Gasteiger partial charge in [-0.15, -0.1) is 5.10 Å². The van der Waals surface area contributed by atoms with Gasteiger partial charge in [0, 0.05) is 43.4 Å².